The molecule has 9 aromatic rings. The van der Waals surface area contributed by atoms with Crippen LogP contribution < -0.4 is 33.8 Å². The smallest absolute Gasteiger partial charge is 0.141 e. The van der Waals surface area contributed by atoms with Crippen LogP contribution in [0.3, 0.4) is 0 Å². The summed E-state index contributed by atoms with van der Waals surface area (Å²) in [6.45, 7) is 0. The molecule has 0 bridgehead atoms. The third kappa shape index (κ3) is 8.88. The van der Waals surface area contributed by atoms with E-state index in [0.717, 1.165) is 90.4 Å². The molecule has 0 fully saturated rings. The Morgan fingerprint density at radius 1 is 0.250 bits per heavy atom. The minimum atomic E-state index is 0.798. The van der Waals surface area contributed by atoms with Gasteiger partial charge in [-0.05, 0) is 109 Å². The minimum absolute atomic E-state index is 0.798. The van der Waals surface area contributed by atoms with Crippen LogP contribution in [-0.4, -0.2) is 21.3 Å². The molecule has 0 aliphatic rings. The molecule has 9 aromatic carbocycles. The van der Waals surface area contributed by atoms with E-state index in [1.54, 1.807) is 21.3 Å². The molecule has 0 unspecified atom stereocenters. The number of hydrogen-bond acceptors (Lipinski definition) is 6. The summed E-state index contributed by atoms with van der Waals surface area (Å²) in [6.07, 6.45) is 0. The van der Waals surface area contributed by atoms with E-state index in [2.05, 4.69) is 197 Å². The first kappa shape index (κ1) is 41.1. The predicted octanol–water partition coefficient (Wildman–Crippen LogP) is 14.3. The second-order valence-corrected chi connectivity index (χ2v) is 15.1. The maximum absolute atomic E-state index is 5.65. The lowest BCUT2D eigenvalue weighted by Gasteiger charge is -2.28. The van der Waals surface area contributed by atoms with Crippen molar-refractivity contribution in [2.75, 3.05) is 36.0 Å². The van der Waals surface area contributed by atoms with Crippen LogP contribution in [0.25, 0.3) is 0 Å². The number of nitrogens with one attached hydrogen (secondary N) is 1. The summed E-state index contributed by atoms with van der Waals surface area (Å²) >= 11 is 0. The van der Waals surface area contributed by atoms with Crippen molar-refractivity contribution in [3.8, 4) is 17.2 Å². The number of rotatable bonds is 15. The van der Waals surface area contributed by atoms with Crippen molar-refractivity contribution < 1.29 is 19.1 Å². The molecule has 0 aliphatic heterocycles. The highest BCUT2D eigenvalue weighted by Crippen LogP contribution is 2.40. The van der Waals surface area contributed by atoms with E-state index in [1.165, 1.54) is 0 Å². The zero-order valence-corrected chi connectivity index (χ0v) is 36.1. The average molecular weight is 838 g/mol. The number of benzene rings is 9. The fourth-order valence-corrected chi connectivity index (χ4v) is 8.15. The number of para-hydroxylation sites is 3. The SMILES string of the molecule is COc1cccc(N(c2ccccc2)c2ccc([NH+](c3ccc(N(c4ccccc4)c4cccc(OC)c4)cc3)c3ccc(N(c4ccccc4)c4cccc(OC)c4)cc3)cc2)c1. The lowest BCUT2D eigenvalue weighted by atomic mass is 10.1. The van der Waals surface area contributed by atoms with Crippen LogP contribution in [0.5, 0.6) is 17.2 Å². The van der Waals surface area contributed by atoms with Crippen LogP contribution in [0.2, 0.25) is 0 Å². The Labute approximate surface area is 375 Å². The number of nitrogens with zero attached hydrogens (tertiary/aromatic N) is 3. The summed E-state index contributed by atoms with van der Waals surface area (Å²) in [5.41, 5.74) is 12.5. The van der Waals surface area contributed by atoms with Crippen molar-refractivity contribution in [1.82, 2.24) is 0 Å². The van der Waals surface area contributed by atoms with Gasteiger partial charge in [-0.2, -0.15) is 0 Å². The molecule has 0 radical (unpaired) electrons. The first-order valence-electron chi connectivity index (χ1n) is 21.3. The number of quaternary nitrogens is 1. The van der Waals surface area contributed by atoms with Gasteiger partial charge in [0.05, 0.1) is 21.3 Å². The topological polar surface area (TPSA) is 41.8 Å². The van der Waals surface area contributed by atoms with Gasteiger partial charge in [-0.15, -0.1) is 0 Å². The zero-order chi connectivity index (χ0) is 43.7. The minimum Gasteiger partial charge on any atom is -0.497 e. The largest absolute Gasteiger partial charge is 0.497 e. The summed E-state index contributed by atoms with van der Waals surface area (Å²) < 4.78 is 16.9. The maximum atomic E-state index is 5.65. The van der Waals surface area contributed by atoms with Crippen molar-refractivity contribution in [3.05, 3.63) is 237 Å². The Morgan fingerprint density at radius 3 is 0.734 bits per heavy atom. The first-order chi connectivity index (χ1) is 31.6. The van der Waals surface area contributed by atoms with Crippen LogP contribution in [-0.2, 0) is 0 Å². The zero-order valence-electron chi connectivity index (χ0n) is 36.1. The van der Waals surface area contributed by atoms with E-state index in [9.17, 15) is 0 Å². The molecule has 9 rings (SSSR count). The fraction of sp³-hybridized carbons (Fsp3) is 0.0526. The molecule has 0 aliphatic carbocycles. The number of methoxy groups -OCH3 is 3. The standard InChI is InChI=1S/C57H48N4O3/c1-62-55-25-13-22-52(40-55)59(43-16-7-4-8-17-43)49-34-28-46(29-35-49)58(47-30-36-50(37-31-47)60(44-18-9-5-10-19-44)53-23-14-26-56(41-53)63-2)48-32-38-51(39-33-48)61(45-20-11-6-12-21-45)54-24-15-27-57(42-54)64-3/h4-42H,1-3H3/p+1. The fourth-order valence-electron chi connectivity index (χ4n) is 8.15. The molecular formula is C57H49N4O3+. The van der Waals surface area contributed by atoms with Crippen molar-refractivity contribution in [2.45, 2.75) is 0 Å². The second-order valence-electron chi connectivity index (χ2n) is 15.1. The third-order valence-corrected chi connectivity index (χ3v) is 11.2. The molecule has 314 valence electrons. The summed E-state index contributed by atoms with van der Waals surface area (Å²) in [7, 11) is 5.10. The Bertz CT molecular complexity index is 2570. The highest BCUT2D eigenvalue weighted by molar-refractivity contribution is 5.80. The van der Waals surface area contributed by atoms with Gasteiger partial charge >= 0.3 is 0 Å². The van der Waals surface area contributed by atoms with Crippen LogP contribution in [0.1, 0.15) is 0 Å². The number of ether oxygens (including phenoxy) is 3. The average Bonchev–Trinajstić information content (AvgIpc) is 3.37. The summed E-state index contributed by atoms with van der Waals surface area (Å²) in [5.74, 6) is 2.39. The van der Waals surface area contributed by atoms with E-state index in [1.807, 2.05) is 54.6 Å². The lowest BCUT2D eigenvalue weighted by molar-refractivity contribution is -0.681. The van der Waals surface area contributed by atoms with Crippen LogP contribution >= 0.6 is 0 Å². The quantitative estimate of drug-likeness (QED) is 0.111. The van der Waals surface area contributed by atoms with Gasteiger partial charge in [0, 0.05) is 106 Å². The Kier molecular flexibility index (Phi) is 12.3. The molecule has 0 atom stereocenters. The van der Waals surface area contributed by atoms with Gasteiger partial charge in [-0.25, -0.2) is 4.90 Å². The predicted molar refractivity (Wildman–Crippen MR) is 263 cm³/mol. The van der Waals surface area contributed by atoms with Gasteiger partial charge < -0.3 is 28.9 Å². The summed E-state index contributed by atoms with van der Waals surface area (Å²) in [5, 5.41) is 0. The van der Waals surface area contributed by atoms with Crippen molar-refractivity contribution >= 4 is 68.2 Å². The van der Waals surface area contributed by atoms with Crippen molar-refractivity contribution in [1.29, 1.82) is 0 Å². The molecule has 0 spiro atoms. The summed E-state index contributed by atoms with van der Waals surface area (Å²) in [4.78, 5) is 7.87. The first-order valence-corrected chi connectivity index (χ1v) is 21.3. The van der Waals surface area contributed by atoms with Gasteiger partial charge in [0.25, 0.3) is 0 Å². The van der Waals surface area contributed by atoms with Crippen molar-refractivity contribution in [2.24, 2.45) is 0 Å². The molecule has 0 amide bonds. The van der Waals surface area contributed by atoms with E-state index in [4.69, 9.17) is 14.2 Å². The molecule has 0 saturated carbocycles. The van der Waals surface area contributed by atoms with Gasteiger partial charge in [0.1, 0.15) is 34.3 Å². The summed E-state index contributed by atoms with van der Waals surface area (Å²) in [6, 6.07) is 82.3. The van der Waals surface area contributed by atoms with Crippen molar-refractivity contribution in [3.63, 3.8) is 0 Å². The van der Waals surface area contributed by atoms with Gasteiger partial charge in [-0.1, -0.05) is 72.8 Å². The van der Waals surface area contributed by atoms with E-state index in [-0.39, 0.29) is 0 Å². The van der Waals surface area contributed by atoms with Gasteiger partial charge in [0.15, 0.2) is 0 Å². The molecule has 0 aromatic heterocycles. The molecule has 7 heteroatoms. The molecule has 0 heterocycles. The lowest BCUT2D eigenvalue weighted by Crippen LogP contribution is -2.96. The maximum Gasteiger partial charge on any atom is 0.141 e. The highest BCUT2D eigenvalue weighted by Gasteiger charge is 2.23. The number of anilines is 9. The Hall–Kier alpha value is -8.26. The number of hydrogen-bond donors (Lipinski definition) is 1. The van der Waals surface area contributed by atoms with E-state index >= 15 is 0 Å². The molecular weight excluding hydrogens is 789 g/mol. The van der Waals surface area contributed by atoms with Crippen LogP contribution in [0, 0.1) is 0 Å². The van der Waals surface area contributed by atoms with Gasteiger partial charge in [-0.3, -0.25) is 0 Å². The highest BCUT2D eigenvalue weighted by atomic mass is 16.5. The van der Waals surface area contributed by atoms with E-state index in [0.29, 0.717) is 0 Å². The van der Waals surface area contributed by atoms with Gasteiger partial charge in [0.2, 0.25) is 0 Å². The molecule has 7 nitrogen and oxygen atoms in total. The van der Waals surface area contributed by atoms with Crippen LogP contribution in [0.15, 0.2) is 237 Å². The Morgan fingerprint density at radius 2 is 0.484 bits per heavy atom. The van der Waals surface area contributed by atoms with Crippen LogP contribution in [0.4, 0.5) is 68.2 Å². The third-order valence-electron chi connectivity index (χ3n) is 11.2. The molecule has 1 N–H and O–H groups in total. The normalized spacial score (nSPS) is 10.9. The van der Waals surface area contributed by atoms with E-state index < -0.39 is 0 Å². The molecule has 64 heavy (non-hydrogen) atoms. The monoisotopic (exact) mass is 837 g/mol. The Balaban J connectivity index is 1.14. The molecule has 0 saturated heterocycles. The second kappa shape index (κ2) is 19.2.